The van der Waals surface area contributed by atoms with E-state index in [-0.39, 0.29) is 17.2 Å². The van der Waals surface area contributed by atoms with Gasteiger partial charge in [0.25, 0.3) is 5.91 Å². The quantitative estimate of drug-likeness (QED) is 0.910. The second kappa shape index (κ2) is 6.32. The minimum Gasteiger partial charge on any atom is -0.384 e. The molecule has 1 aromatic rings. The molecule has 1 unspecified atom stereocenters. The lowest BCUT2D eigenvalue weighted by Crippen LogP contribution is -2.52. The van der Waals surface area contributed by atoms with Gasteiger partial charge in [-0.25, -0.2) is 4.98 Å². The van der Waals surface area contributed by atoms with Crippen LogP contribution in [-0.4, -0.2) is 52.8 Å². The number of anilines is 1. The third-order valence-electron chi connectivity index (χ3n) is 6.20. The van der Waals surface area contributed by atoms with E-state index in [0.29, 0.717) is 30.4 Å². The van der Waals surface area contributed by atoms with Crippen LogP contribution in [0.4, 0.5) is 5.82 Å². The number of carbonyl (C=O) groups is 2. The predicted octanol–water partition coefficient (Wildman–Crippen LogP) is 1.92. The molecule has 25 heavy (non-hydrogen) atoms. The van der Waals surface area contributed by atoms with Crippen molar-refractivity contribution in [3.8, 4) is 0 Å². The van der Waals surface area contributed by atoms with Crippen molar-refractivity contribution in [1.29, 1.82) is 0 Å². The third-order valence-corrected chi connectivity index (χ3v) is 6.20. The van der Waals surface area contributed by atoms with Crippen LogP contribution in [0.15, 0.2) is 18.3 Å². The van der Waals surface area contributed by atoms with Crippen LogP contribution in [0, 0.1) is 11.3 Å². The van der Waals surface area contributed by atoms with Crippen molar-refractivity contribution >= 4 is 17.6 Å². The first-order valence-electron chi connectivity index (χ1n) is 9.38. The Hall–Kier alpha value is -2.11. The maximum Gasteiger partial charge on any atom is 0.255 e. The number of nitrogens with zero attached hydrogens (tertiary/aromatic N) is 3. The van der Waals surface area contributed by atoms with Crippen LogP contribution in [0.5, 0.6) is 0 Å². The Kier molecular flexibility index (Phi) is 4.13. The second-order valence-electron chi connectivity index (χ2n) is 7.88. The van der Waals surface area contributed by atoms with Crippen LogP contribution < -0.4 is 5.73 Å². The standard InChI is InChI=1S/C19H26N4O2/c20-16-6-5-15(11-21-16)17(24)23-10-8-19(13-23)7-2-9-22(18(19)25)12-14-3-1-4-14/h5-6,11,14H,1-4,7-10,12-13H2,(H2,20,21). The van der Waals surface area contributed by atoms with Gasteiger partial charge in [-0.05, 0) is 50.2 Å². The van der Waals surface area contributed by atoms with Crippen LogP contribution in [0.3, 0.4) is 0 Å². The minimum absolute atomic E-state index is 0.0479. The summed E-state index contributed by atoms with van der Waals surface area (Å²) in [5, 5.41) is 0. The maximum atomic E-state index is 13.1. The van der Waals surface area contributed by atoms with Gasteiger partial charge in [-0.2, -0.15) is 0 Å². The second-order valence-corrected chi connectivity index (χ2v) is 7.88. The van der Waals surface area contributed by atoms with Crippen LogP contribution in [0.1, 0.15) is 48.9 Å². The Morgan fingerprint density at radius 1 is 1.24 bits per heavy atom. The molecule has 6 heteroatoms. The highest BCUT2D eigenvalue weighted by Gasteiger charge is 2.49. The van der Waals surface area contributed by atoms with E-state index in [1.165, 1.54) is 25.5 Å². The number of nitrogen functional groups attached to an aromatic ring is 1. The highest BCUT2D eigenvalue weighted by atomic mass is 16.2. The molecule has 2 saturated heterocycles. The van der Waals surface area contributed by atoms with Gasteiger partial charge in [0.15, 0.2) is 0 Å². The number of nitrogens with two attached hydrogens (primary N) is 1. The van der Waals surface area contributed by atoms with Gasteiger partial charge in [0.1, 0.15) is 5.82 Å². The van der Waals surface area contributed by atoms with Crippen molar-refractivity contribution in [3.05, 3.63) is 23.9 Å². The van der Waals surface area contributed by atoms with Gasteiger partial charge in [-0.3, -0.25) is 9.59 Å². The Labute approximate surface area is 148 Å². The number of hydrogen-bond donors (Lipinski definition) is 1. The van der Waals surface area contributed by atoms with E-state index in [4.69, 9.17) is 5.73 Å². The number of hydrogen-bond acceptors (Lipinski definition) is 4. The molecule has 4 rings (SSSR count). The molecule has 0 bridgehead atoms. The largest absolute Gasteiger partial charge is 0.384 e. The van der Waals surface area contributed by atoms with Crippen molar-refractivity contribution in [2.24, 2.45) is 11.3 Å². The van der Waals surface area contributed by atoms with Crippen molar-refractivity contribution < 1.29 is 9.59 Å². The molecule has 3 fully saturated rings. The fraction of sp³-hybridized carbons (Fsp3) is 0.632. The zero-order valence-electron chi connectivity index (χ0n) is 14.6. The highest BCUT2D eigenvalue weighted by molar-refractivity contribution is 5.95. The van der Waals surface area contributed by atoms with Crippen LogP contribution in [-0.2, 0) is 4.79 Å². The number of piperidine rings is 1. The summed E-state index contributed by atoms with van der Waals surface area (Å²) in [6.45, 7) is 2.98. The van der Waals surface area contributed by atoms with E-state index < -0.39 is 0 Å². The SMILES string of the molecule is Nc1ccc(C(=O)N2CCC3(CCCN(CC4CCC4)C3=O)C2)cn1. The van der Waals surface area contributed by atoms with Crippen LogP contribution >= 0.6 is 0 Å². The van der Waals surface area contributed by atoms with E-state index in [9.17, 15) is 9.59 Å². The third kappa shape index (κ3) is 2.98. The normalized spacial score (nSPS) is 27.0. The first-order chi connectivity index (χ1) is 12.1. The first-order valence-corrected chi connectivity index (χ1v) is 9.38. The van der Waals surface area contributed by atoms with E-state index in [1.807, 2.05) is 4.90 Å². The van der Waals surface area contributed by atoms with E-state index >= 15 is 0 Å². The van der Waals surface area contributed by atoms with Gasteiger partial charge in [0, 0.05) is 32.4 Å². The van der Waals surface area contributed by atoms with Crippen molar-refractivity contribution in [3.63, 3.8) is 0 Å². The summed E-state index contributed by atoms with van der Waals surface area (Å²) in [6.07, 6.45) is 8.06. The topological polar surface area (TPSA) is 79.5 Å². The summed E-state index contributed by atoms with van der Waals surface area (Å²) >= 11 is 0. The van der Waals surface area contributed by atoms with Gasteiger partial charge >= 0.3 is 0 Å². The number of aromatic nitrogens is 1. The average molecular weight is 342 g/mol. The fourth-order valence-electron chi connectivity index (χ4n) is 4.45. The summed E-state index contributed by atoms with van der Waals surface area (Å²) in [4.78, 5) is 33.8. The Balaban J connectivity index is 1.45. The summed E-state index contributed by atoms with van der Waals surface area (Å²) in [7, 11) is 0. The first kappa shape index (κ1) is 16.4. The summed E-state index contributed by atoms with van der Waals surface area (Å²) in [5.74, 6) is 1.33. The molecule has 1 saturated carbocycles. The number of likely N-dealkylation sites (tertiary alicyclic amines) is 2. The Morgan fingerprint density at radius 3 is 2.76 bits per heavy atom. The lowest BCUT2D eigenvalue weighted by atomic mass is 9.77. The molecule has 1 atom stereocenters. The molecule has 1 spiro atoms. The molecular formula is C19H26N4O2. The zero-order chi connectivity index (χ0) is 17.4. The summed E-state index contributed by atoms with van der Waals surface area (Å²) in [5.41, 5.74) is 5.78. The predicted molar refractivity (Wildman–Crippen MR) is 94.8 cm³/mol. The lowest BCUT2D eigenvalue weighted by molar-refractivity contribution is -0.146. The molecule has 2 amide bonds. The smallest absolute Gasteiger partial charge is 0.255 e. The van der Waals surface area contributed by atoms with Crippen LogP contribution in [0.2, 0.25) is 0 Å². The monoisotopic (exact) mass is 342 g/mol. The summed E-state index contributed by atoms with van der Waals surface area (Å²) in [6, 6.07) is 3.35. The van der Waals surface area contributed by atoms with Gasteiger partial charge < -0.3 is 15.5 Å². The van der Waals surface area contributed by atoms with Crippen LogP contribution in [0.25, 0.3) is 0 Å². The van der Waals surface area contributed by atoms with E-state index in [1.54, 1.807) is 12.1 Å². The molecule has 0 aromatic carbocycles. The summed E-state index contributed by atoms with van der Waals surface area (Å²) < 4.78 is 0. The molecule has 2 aliphatic heterocycles. The molecule has 3 aliphatic rings. The van der Waals surface area contributed by atoms with Gasteiger partial charge in [0.05, 0.1) is 11.0 Å². The van der Waals surface area contributed by atoms with Crippen molar-refractivity contribution in [2.45, 2.75) is 38.5 Å². The molecule has 2 N–H and O–H groups in total. The Bertz CT molecular complexity index is 671. The maximum absolute atomic E-state index is 13.1. The molecule has 1 aromatic heterocycles. The lowest BCUT2D eigenvalue weighted by Gasteiger charge is -2.42. The molecule has 6 nitrogen and oxygen atoms in total. The van der Waals surface area contributed by atoms with Gasteiger partial charge in [-0.1, -0.05) is 6.42 Å². The van der Waals surface area contributed by atoms with Crippen molar-refractivity contribution in [2.75, 3.05) is 31.9 Å². The average Bonchev–Trinajstić information content (AvgIpc) is 3.00. The highest BCUT2D eigenvalue weighted by Crippen LogP contribution is 2.41. The molecule has 3 heterocycles. The van der Waals surface area contributed by atoms with Crippen molar-refractivity contribution in [1.82, 2.24) is 14.8 Å². The molecule has 134 valence electrons. The number of carbonyl (C=O) groups excluding carboxylic acids is 2. The minimum atomic E-state index is -0.362. The number of rotatable bonds is 3. The molecular weight excluding hydrogens is 316 g/mol. The van der Waals surface area contributed by atoms with Gasteiger partial charge in [0.2, 0.25) is 5.91 Å². The number of amides is 2. The zero-order valence-corrected chi connectivity index (χ0v) is 14.6. The van der Waals surface area contributed by atoms with E-state index in [2.05, 4.69) is 9.88 Å². The fourth-order valence-corrected chi connectivity index (χ4v) is 4.45. The molecule has 0 radical (unpaired) electrons. The molecule has 1 aliphatic carbocycles. The number of pyridine rings is 1. The van der Waals surface area contributed by atoms with Gasteiger partial charge in [-0.15, -0.1) is 0 Å². The Morgan fingerprint density at radius 2 is 2.08 bits per heavy atom. The van der Waals surface area contributed by atoms with E-state index in [0.717, 1.165) is 32.4 Å².